The van der Waals surface area contributed by atoms with Crippen LogP contribution in [0.15, 0.2) is 48.5 Å². The standard InChI is InChI=1S/C20H23NO5/c1-23-16-5-4-6-17(13-16)26-10-9-21-20(22)8-7-15-11-18(24-2)14-19(12-15)25-3/h4-8,11-14H,9-10H2,1-3H3,(H,21,22)/b8-7+. The monoisotopic (exact) mass is 357 g/mol. The molecular formula is C20H23NO5. The van der Waals surface area contributed by atoms with Crippen LogP contribution in [0.1, 0.15) is 5.56 Å². The van der Waals surface area contributed by atoms with Crippen LogP contribution < -0.4 is 24.3 Å². The van der Waals surface area contributed by atoms with Crippen LogP contribution in [0.4, 0.5) is 0 Å². The van der Waals surface area contributed by atoms with Crippen molar-refractivity contribution in [2.75, 3.05) is 34.5 Å². The molecule has 0 aromatic heterocycles. The second-order valence-electron chi connectivity index (χ2n) is 5.30. The predicted molar refractivity (Wildman–Crippen MR) is 100 cm³/mol. The van der Waals surface area contributed by atoms with E-state index in [1.165, 1.54) is 6.08 Å². The number of rotatable bonds is 9. The van der Waals surface area contributed by atoms with Gasteiger partial charge in [-0.1, -0.05) is 6.07 Å². The fourth-order valence-corrected chi connectivity index (χ4v) is 2.19. The molecule has 0 bridgehead atoms. The first-order valence-corrected chi connectivity index (χ1v) is 8.10. The first-order chi connectivity index (χ1) is 12.6. The van der Waals surface area contributed by atoms with Crippen molar-refractivity contribution in [1.29, 1.82) is 0 Å². The molecule has 0 saturated heterocycles. The van der Waals surface area contributed by atoms with E-state index >= 15 is 0 Å². The van der Waals surface area contributed by atoms with Gasteiger partial charge in [0, 0.05) is 18.2 Å². The summed E-state index contributed by atoms with van der Waals surface area (Å²) in [6, 6.07) is 12.7. The average molecular weight is 357 g/mol. The largest absolute Gasteiger partial charge is 0.497 e. The lowest BCUT2D eigenvalue weighted by Crippen LogP contribution is -2.26. The van der Waals surface area contributed by atoms with Crippen LogP contribution in [0.2, 0.25) is 0 Å². The Labute approximate surface area is 153 Å². The van der Waals surface area contributed by atoms with E-state index in [0.29, 0.717) is 30.4 Å². The summed E-state index contributed by atoms with van der Waals surface area (Å²) in [4.78, 5) is 11.9. The van der Waals surface area contributed by atoms with E-state index in [9.17, 15) is 4.79 Å². The second-order valence-corrected chi connectivity index (χ2v) is 5.30. The molecule has 2 rings (SSSR count). The zero-order valence-electron chi connectivity index (χ0n) is 15.2. The summed E-state index contributed by atoms with van der Waals surface area (Å²) >= 11 is 0. The molecule has 26 heavy (non-hydrogen) atoms. The molecule has 6 nitrogen and oxygen atoms in total. The maximum Gasteiger partial charge on any atom is 0.244 e. The number of nitrogens with one attached hydrogen (secondary N) is 1. The molecule has 1 N–H and O–H groups in total. The molecule has 0 heterocycles. The summed E-state index contributed by atoms with van der Waals surface area (Å²) in [6.45, 7) is 0.752. The number of carbonyl (C=O) groups excluding carboxylic acids is 1. The number of hydrogen-bond acceptors (Lipinski definition) is 5. The summed E-state index contributed by atoms with van der Waals surface area (Å²) in [5, 5.41) is 2.76. The van der Waals surface area contributed by atoms with Crippen LogP contribution in [0.25, 0.3) is 6.08 Å². The van der Waals surface area contributed by atoms with Gasteiger partial charge in [0.15, 0.2) is 0 Å². The van der Waals surface area contributed by atoms with E-state index in [1.54, 1.807) is 39.5 Å². The van der Waals surface area contributed by atoms with Crippen molar-refractivity contribution in [1.82, 2.24) is 5.32 Å². The third-order valence-electron chi connectivity index (χ3n) is 3.51. The van der Waals surface area contributed by atoms with Crippen molar-refractivity contribution in [2.45, 2.75) is 0 Å². The molecule has 0 aliphatic rings. The molecule has 138 valence electrons. The SMILES string of the molecule is COc1cc(/C=C/C(=O)NCCOc2cccc(OC)c2)cc(OC)c1. The van der Waals surface area contributed by atoms with Crippen LogP contribution in [0, 0.1) is 0 Å². The Balaban J connectivity index is 1.80. The molecule has 0 aliphatic heterocycles. The number of ether oxygens (including phenoxy) is 4. The Bertz CT molecular complexity index is 735. The number of amides is 1. The minimum absolute atomic E-state index is 0.207. The number of benzene rings is 2. The van der Waals surface area contributed by atoms with Gasteiger partial charge in [0.25, 0.3) is 0 Å². The number of carbonyl (C=O) groups is 1. The van der Waals surface area contributed by atoms with Gasteiger partial charge in [-0.05, 0) is 35.9 Å². The summed E-state index contributed by atoms with van der Waals surface area (Å²) < 4.78 is 21.1. The zero-order valence-corrected chi connectivity index (χ0v) is 15.2. The highest BCUT2D eigenvalue weighted by atomic mass is 16.5. The fraction of sp³-hybridized carbons (Fsp3) is 0.250. The van der Waals surface area contributed by atoms with E-state index < -0.39 is 0 Å². The van der Waals surface area contributed by atoms with Crippen LogP contribution in [0.5, 0.6) is 23.0 Å². The summed E-state index contributed by atoms with van der Waals surface area (Å²) in [5.74, 6) is 2.54. The minimum Gasteiger partial charge on any atom is -0.497 e. The Morgan fingerprint density at radius 3 is 2.19 bits per heavy atom. The molecule has 1 amide bonds. The Morgan fingerprint density at radius 1 is 0.923 bits per heavy atom. The highest BCUT2D eigenvalue weighted by molar-refractivity contribution is 5.91. The molecule has 0 saturated carbocycles. The number of methoxy groups -OCH3 is 3. The van der Waals surface area contributed by atoms with Crippen LogP contribution in [-0.4, -0.2) is 40.4 Å². The lowest BCUT2D eigenvalue weighted by molar-refractivity contribution is -0.116. The van der Waals surface area contributed by atoms with E-state index in [-0.39, 0.29) is 5.91 Å². The smallest absolute Gasteiger partial charge is 0.244 e. The second kappa shape index (κ2) is 9.98. The van der Waals surface area contributed by atoms with Crippen molar-refractivity contribution in [3.05, 3.63) is 54.1 Å². The van der Waals surface area contributed by atoms with Gasteiger partial charge in [-0.3, -0.25) is 4.79 Å². The maximum atomic E-state index is 11.9. The molecule has 0 fully saturated rings. The molecule has 2 aromatic carbocycles. The molecule has 0 unspecified atom stereocenters. The Kier molecular flexibility index (Phi) is 7.36. The molecule has 0 atom stereocenters. The van der Waals surface area contributed by atoms with E-state index in [1.807, 2.05) is 30.3 Å². The normalized spacial score (nSPS) is 10.4. The minimum atomic E-state index is -0.207. The summed E-state index contributed by atoms with van der Waals surface area (Å²) in [6.07, 6.45) is 3.16. The highest BCUT2D eigenvalue weighted by Gasteiger charge is 2.01. The topological polar surface area (TPSA) is 66.0 Å². The molecule has 2 aromatic rings. The van der Waals surface area contributed by atoms with Gasteiger partial charge in [0.05, 0.1) is 27.9 Å². The van der Waals surface area contributed by atoms with Crippen LogP contribution in [-0.2, 0) is 4.79 Å². The lowest BCUT2D eigenvalue weighted by Gasteiger charge is -2.08. The van der Waals surface area contributed by atoms with E-state index in [2.05, 4.69) is 5.32 Å². The van der Waals surface area contributed by atoms with Gasteiger partial charge in [-0.15, -0.1) is 0 Å². The molecule has 0 spiro atoms. The van der Waals surface area contributed by atoms with Crippen molar-refractivity contribution >= 4 is 12.0 Å². The fourth-order valence-electron chi connectivity index (χ4n) is 2.19. The Morgan fingerprint density at radius 2 is 1.54 bits per heavy atom. The van der Waals surface area contributed by atoms with E-state index in [0.717, 1.165) is 11.3 Å². The Hall–Kier alpha value is -3.15. The van der Waals surface area contributed by atoms with E-state index in [4.69, 9.17) is 18.9 Å². The van der Waals surface area contributed by atoms with Crippen molar-refractivity contribution in [3.8, 4) is 23.0 Å². The molecule has 0 radical (unpaired) electrons. The zero-order chi connectivity index (χ0) is 18.8. The van der Waals surface area contributed by atoms with Gasteiger partial charge in [-0.25, -0.2) is 0 Å². The van der Waals surface area contributed by atoms with Gasteiger partial charge >= 0.3 is 0 Å². The summed E-state index contributed by atoms with van der Waals surface area (Å²) in [7, 11) is 4.76. The third-order valence-corrected chi connectivity index (χ3v) is 3.51. The maximum absolute atomic E-state index is 11.9. The van der Waals surface area contributed by atoms with Gasteiger partial charge < -0.3 is 24.3 Å². The van der Waals surface area contributed by atoms with Crippen LogP contribution in [0.3, 0.4) is 0 Å². The first kappa shape index (κ1) is 19.2. The molecule has 6 heteroatoms. The van der Waals surface area contributed by atoms with Gasteiger partial charge in [-0.2, -0.15) is 0 Å². The molecule has 0 aliphatic carbocycles. The third kappa shape index (κ3) is 6.05. The first-order valence-electron chi connectivity index (χ1n) is 8.10. The van der Waals surface area contributed by atoms with Crippen molar-refractivity contribution < 1.29 is 23.7 Å². The lowest BCUT2D eigenvalue weighted by atomic mass is 10.2. The van der Waals surface area contributed by atoms with Gasteiger partial charge in [0.2, 0.25) is 5.91 Å². The quantitative estimate of drug-likeness (QED) is 0.552. The molecular weight excluding hydrogens is 334 g/mol. The summed E-state index contributed by atoms with van der Waals surface area (Å²) in [5.41, 5.74) is 0.809. The average Bonchev–Trinajstić information content (AvgIpc) is 2.69. The number of hydrogen-bond donors (Lipinski definition) is 1. The predicted octanol–water partition coefficient (Wildman–Crippen LogP) is 2.92. The van der Waals surface area contributed by atoms with Crippen LogP contribution >= 0.6 is 0 Å². The van der Waals surface area contributed by atoms with Crippen molar-refractivity contribution in [2.24, 2.45) is 0 Å². The van der Waals surface area contributed by atoms with Crippen molar-refractivity contribution in [3.63, 3.8) is 0 Å². The highest BCUT2D eigenvalue weighted by Crippen LogP contribution is 2.23. The van der Waals surface area contributed by atoms with Gasteiger partial charge in [0.1, 0.15) is 29.6 Å².